The molecule has 2 bridgehead atoms. The first-order valence-corrected chi connectivity index (χ1v) is 10.7. The summed E-state index contributed by atoms with van der Waals surface area (Å²) in [4.78, 5) is 15.1. The lowest BCUT2D eigenvalue weighted by Crippen LogP contribution is -2.53. The van der Waals surface area contributed by atoms with Crippen LogP contribution in [0, 0.1) is 11.7 Å². The van der Waals surface area contributed by atoms with Gasteiger partial charge in [-0.25, -0.2) is 9.18 Å². The van der Waals surface area contributed by atoms with Gasteiger partial charge in [0.2, 0.25) is 0 Å². The predicted molar refractivity (Wildman–Crippen MR) is 112 cm³/mol. The summed E-state index contributed by atoms with van der Waals surface area (Å²) in [5.41, 5.74) is 1.94. The predicted octanol–water partition coefficient (Wildman–Crippen LogP) is 4.53. The normalized spacial score (nSPS) is 28.5. The van der Waals surface area contributed by atoms with E-state index in [-0.39, 0.29) is 18.0 Å². The molecule has 4 heterocycles. The molecule has 0 aromatic heterocycles. The molecule has 2 aromatic rings. The van der Waals surface area contributed by atoms with E-state index in [1.165, 1.54) is 12.1 Å². The summed E-state index contributed by atoms with van der Waals surface area (Å²) < 4.78 is 25.6. The van der Waals surface area contributed by atoms with Gasteiger partial charge in [0.15, 0.2) is 0 Å². The molecule has 158 valence electrons. The third kappa shape index (κ3) is 3.54. The van der Waals surface area contributed by atoms with Crippen molar-refractivity contribution in [1.29, 1.82) is 0 Å². The Morgan fingerprint density at radius 1 is 1.17 bits per heavy atom. The van der Waals surface area contributed by atoms with Gasteiger partial charge < -0.3 is 14.8 Å². The number of benzene rings is 2. The summed E-state index contributed by atoms with van der Waals surface area (Å²) >= 11 is 0. The van der Waals surface area contributed by atoms with Crippen molar-refractivity contribution in [3.8, 4) is 16.9 Å². The fraction of sp³-hybridized carbons (Fsp3) is 0.458. The number of halogens is 1. The number of nitrogens with one attached hydrogen (secondary N) is 1. The Labute approximate surface area is 176 Å². The van der Waals surface area contributed by atoms with Gasteiger partial charge in [0.05, 0.1) is 0 Å². The van der Waals surface area contributed by atoms with Crippen molar-refractivity contribution in [2.45, 2.75) is 44.4 Å². The van der Waals surface area contributed by atoms with Crippen LogP contribution in [0.4, 0.5) is 9.18 Å². The average molecular weight is 410 g/mol. The van der Waals surface area contributed by atoms with Crippen LogP contribution in [-0.2, 0) is 4.74 Å². The molecule has 3 fully saturated rings. The van der Waals surface area contributed by atoms with Crippen LogP contribution in [0.2, 0.25) is 0 Å². The maximum absolute atomic E-state index is 13.7. The van der Waals surface area contributed by atoms with E-state index >= 15 is 0 Å². The quantitative estimate of drug-likeness (QED) is 0.808. The van der Waals surface area contributed by atoms with Crippen LogP contribution in [0.25, 0.3) is 11.1 Å². The highest BCUT2D eigenvalue weighted by Crippen LogP contribution is 2.44. The monoisotopic (exact) mass is 410 g/mol. The number of carbonyl (C=O) groups is 1. The molecule has 2 aromatic carbocycles. The zero-order valence-electron chi connectivity index (χ0n) is 17.4. The van der Waals surface area contributed by atoms with E-state index in [4.69, 9.17) is 9.47 Å². The van der Waals surface area contributed by atoms with Crippen LogP contribution in [0.5, 0.6) is 5.75 Å². The van der Waals surface area contributed by atoms with Crippen LogP contribution >= 0.6 is 0 Å². The Bertz CT molecular complexity index is 969. The third-order valence-electron chi connectivity index (χ3n) is 6.66. The summed E-state index contributed by atoms with van der Waals surface area (Å²) in [5, 5.41) is 3.04. The van der Waals surface area contributed by atoms with Gasteiger partial charge in [-0.2, -0.15) is 0 Å². The van der Waals surface area contributed by atoms with Crippen molar-refractivity contribution in [2.75, 3.05) is 19.6 Å². The highest BCUT2D eigenvalue weighted by molar-refractivity contribution is 5.71. The minimum absolute atomic E-state index is 0.0453. The number of fused-ring (bicyclic) bond motifs is 4. The highest BCUT2D eigenvalue weighted by Gasteiger charge is 2.43. The van der Waals surface area contributed by atoms with E-state index in [9.17, 15) is 9.18 Å². The Morgan fingerprint density at radius 3 is 2.63 bits per heavy atom. The molecule has 4 aliphatic heterocycles. The fourth-order valence-corrected chi connectivity index (χ4v) is 5.02. The van der Waals surface area contributed by atoms with Crippen LogP contribution in [0.1, 0.15) is 38.3 Å². The Kier molecular flexibility index (Phi) is 4.69. The third-order valence-corrected chi connectivity index (χ3v) is 6.66. The van der Waals surface area contributed by atoms with E-state index in [0.29, 0.717) is 5.92 Å². The average Bonchev–Trinajstić information content (AvgIpc) is 2.98. The molecule has 1 unspecified atom stereocenters. The molecule has 6 heteroatoms. The molecule has 3 saturated heterocycles. The van der Waals surface area contributed by atoms with E-state index < -0.39 is 11.7 Å². The topological polar surface area (TPSA) is 50.8 Å². The van der Waals surface area contributed by atoms with Gasteiger partial charge in [-0.05, 0) is 81.1 Å². The van der Waals surface area contributed by atoms with Gasteiger partial charge in [-0.1, -0.05) is 18.2 Å². The molecular weight excluding hydrogens is 383 g/mol. The van der Waals surface area contributed by atoms with Crippen LogP contribution in [0.3, 0.4) is 0 Å². The first-order valence-electron chi connectivity index (χ1n) is 10.7. The first-order chi connectivity index (χ1) is 14.4. The molecule has 2 atom stereocenters. The Balaban J connectivity index is 1.36. The molecular formula is C24H27FN2O3. The number of nitrogens with zero attached hydrogens (tertiary/aromatic N) is 1. The first kappa shape index (κ1) is 19.4. The Hall–Kier alpha value is -2.60. The van der Waals surface area contributed by atoms with Crippen molar-refractivity contribution in [3.63, 3.8) is 0 Å². The maximum atomic E-state index is 13.7. The lowest BCUT2D eigenvalue weighted by atomic mass is 9.86. The van der Waals surface area contributed by atoms with Gasteiger partial charge in [0.1, 0.15) is 29.3 Å². The molecule has 0 saturated carbocycles. The number of carbonyl (C=O) groups excluding carboxylic acids is 1. The number of ether oxygens (including phenoxy) is 2. The molecule has 0 aliphatic carbocycles. The number of hydrogen-bond acceptors (Lipinski definition) is 4. The van der Waals surface area contributed by atoms with E-state index in [1.54, 1.807) is 6.07 Å². The summed E-state index contributed by atoms with van der Waals surface area (Å²) in [6.07, 6.45) is 1.74. The maximum Gasteiger partial charge on any atom is 0.408 e. The second kappa shape index (κ2) is 7.27. The van der Waals surface area contributed by atoms with Crippen LogP contribution in [-0.4, -0.2) is 42.3 Å². The van der Waals surface area contributed by atoms with Gasteiger partial charge in [0.25, 0.3) is 0 Å². The second-order valence-corrected chi connectivity index (χ2v) is 9.13. The number of amides is 1. The summed E-state index contributed by atoms with van der Waals surface area (Å²) in [5.74, 6) is 0.911. The zero-order valence-corrected chi connectivity index (χ0v) is 17.4. The van der Waals surface area contributed by atoms with Gasteiger partial charge in [-0.3, -0.25) is 4.90 Å². The summed E-state index contributed by atoms with van der Waals surface area (Å²) in [7, 11) is 0. The largest absolute Gasteiger partial charge is 0.485 e. The minimum Gasteiger partial charge on any atom is -0.485 e. The number of rotatable bonds is 3. The number of hydrogen-bond donors (Lipinski definition) is 1. The van der Waals surface area contributed by atoms with Gasteiger partial charge in [-0.15, -0.1) is 0 Å². The Morgan fingerprint density at radius 2 is 1.93 bits per heavy atom. The molecule has 1 N–H and O–H groups in total. The lowest BCUT2D eigenvalue weighted by Gasteiger charge is -2.44. The molecule has 30 heavy (non-hydrogen) atoms. The van der Waals surface area contributed by atoms with Gasteiger partial charge in [0, 0.05) is 12.1 Å². The van der Waals surface area contributed by atoms with Crippen LogP contribution in [0.15, 0.2) is 42.5 Å². The second-order valence-electron chi connectivity index (χ2n) is 9.13. The molecule has 1 amide bonds. The van der Waals surface area contributed by atoms with Crippen molar-refractivity contribution in [3.05, 3.63) is 53.8 Å². The number of piperidine rings is 3. The van der Waals surface area contributed by atoms with Crippen LogP contribution < -0.4 is 10.1 Å². The standard InChI is InChI=1S/C24H27FN2O3/c1-24(2)22(26-23(28)29-21-14-27-10-8-15(21)9-11-27)19-13-17(6-7-20(19)30-24)16-4-3-5-18(25)12-16/h3-7,12-13,15,21-22H,8-11,14H2,1-2H3,(H,26,28)/t21-,22?/m0/s1. The van der Waals surface area contributed by atoms with E-state index in [1.807, 2.05) is 38.1 Å². The van der Waals surface area contributed by atoms with Crippen molar-refractivity contribution in [1.82, 2.24) is 10.2 Å². The number of alkyl carbamates (subject to hydrolysis) is 1. The molecule has 4 aliphatic rings. The minimum atomic E-state index is -0.614. The van der Waals surface area contributed by atoms with Crippen molar-refractivity contribution in [2.24, 2.45) is 5.92 Å². The smallest absolute Gasteiger partial charge is 0.408 e. The molecule has 0 spiro atoms. The zero-order chi connectivity index (χ0) is 20.9. The van der Waals surface area contributed by atoms with E-state index in [0.717, 1.165) is 54.9 Å². The highest BCUT2D eigenvalue weighted by atomic mass is 19.1. The lowest BCUT2D eigenvalue weighted by molar-refractivity contribution is -0.0358. The van der Waals surface area contributed by atoms with Crippen molar-refractivity contribution >= 4 is 6.09 Å². The SMILES string of the molecule is CC1(C)Oc2ccc(-c3cccc(F)c3)cc2C1NC(=O)O[C@H]1CN2CCC1CC2. The molecule has 6 rings (SSSR count). The fourth-order valence-electron chi connectivity index (χ4n) is 5.02. The van der Waals surface area contributed by atoms with Gasteiger partial charge >= 0.3 is 6.09 Å². The molecule has 5 nitrogen and oxygen atoms in total. The summed E-state index contributed by atoms with van der Waals surface area (Å²) in [6, 6.07) is 11.9. The molecule has 0 radical (unpaired) electrons. The van der Waals surface area contributed by atoms with Crippen molar-refractivity contribution < 1.29 is 18.7 Å². The summed E-state index contributed by atoms with van der Waals surface area (Å²) in [6.45, 7) is 6.93. The van der Waals surface area contributed by atoms with E-state index in [2.05, 4.69) is 10.2 Å².